The Morgan fingerprint density at radius 1 is 1.05 bits per heavy atom. The molecule has 21 heavy (non-hydrogen) atoms. The lowest BCUT2D eigenvalue weighted by Crippen LogP contribution is -2.26. The predicted octanol–water partition coefficient (Wildman–Crippen LogP) is 3.48. The molecule has 4 heteroatoms. The van der Waals surface area contributed by atoms with E-state index >= 15 is 0 Å². The monoisotopic (exact) mass is 283 g/mol. The fourth-order valence-electron chi connectivity index (χ4n) is 4.83. The molecule has 2 bridgehead atoms. The Kier molecular flexibility index (Phi) is 2.74. The number of rotatable bonds is 2. The summed E-state index contributed by atoms with van der Waals surface area (Å²) in [6.07, 6.45) is 7.49. The van der Waals surface area contributed by atoms with E-state index in [2.05, 4.69) is 6.08 Å². The molecule has 0 radical (unpaired) electrons. The molecule has 0 spiro atoms. The second kappa shape index (κ2) is 4.52. The Labute approximate surface area is 123 Å². The summed E-state index contributed by atoms with van der Waals surface area (Å²) < 4.78 is 0. The van der Waals surface area contributed by atoms with Crippen LogP contribution in [-0.2, 0) is 4.79 Å². The summed E-state index contributed by atoms with van der Waals surface area (Å²) in [7, 11) is 0. The summed E-state index contributed by atoms with van der Waals surface area (Å²) in [5, 5.41) is 11.3. The molecular formula is C17H17NO3. The molecule has 3 aliphatic rings. The predicted molar refractivity (Wildman–Crippen MR) is 77.8 cm³/mol. The zero-order chi connectivity index (χ0) is 14.6. The lowest BCUT2D eigenvalue weighted by atomic mass is 9.75. The number of allylic oxidation sites excluding steroid dienone is 2. The molecule has 0 unspecified atom stereocenters. The van der Waals surface area contributed by atoms with E-state index in [1.807, 2.05) is 18.2 Å². The van der Waals surface area contributed by atoms with Crippen LogP contribution >= 0.6 is 0 Å². The topological polar surface area (TPSA) is 60.2 Å². The molecule has 3 aliphatic carbocycles. The van der Waals surface area contributed by atoms with Crippen LogP contribution < -0.4 is 0 Å². The largest absolute Gasteiger partial charge is 0.299 e. The molecule has 0 saturated heterocycles. The molecule has 4 nitrogen and oxygen atoms in total. The average molecular weight is 283 g/mol. The number of hydrogen-bond donors (Lipinski definition) is 0. The van der Waals surface area contributed by atoms with Crippen LogP contribution in [0.2, 0.25) is 0 Å². The first-order chi connectivity index (χ1) is 10.2. The van der Waals surface area contributed by atoms with Crippen LogP contribution in [0.1, 0.15) is 30.7 Å². The molecule has 0 N–H and O–H groups in total. The fraction of sp³-hybridized carbons (Fsp3) is 0.471. The van der Waals surface area contributed by atoms with E-state index in [0.29, 0.717) is 23.2 Å². The summed E-state index contributed by atoms with van der Waals surface area (Å²) >= 11 is 0. The summed E-state index contributed by atoms with van der Waals surface area (Å²) in [4.78, 5) is 23.6. The van der Waals surface area contributed by atoms with Crippen molar-refractivity contribution in [2.24, 2.45) is 23.7 Å². The highest BCUT2D eigenvalue weighted by atomic mass is 16.6. The molecule has 0 heterocycles. The van der Waals surface area contributed by atoms with Crippen LogP contribution in [-0.4, -0.2) is 10.7 Å². The Hall–Kier alpha value is -1.97. The van der Waals surface area contributed by atoms with Crippen molar-refractivity contribution in [3.8, 4) is 0 Å². The van der Waals surface area contributed by atoms with Crippen molar-refractivity contribution in [2.45, 2.75) is 25.2 Å². The molecule has 2 fully saturated rings. The van der Waals surface area contributed by atoms with Crippen molar-refractivity contribution in [1.29, 1.82) is 0 Å². The Morgan fingerprint density at radius 2 is 1.76 bits per heavy atom. The Balaban J connectivity index is 1.80. The summed E-state index contributed by atoms with van der Waals surface area (Å²) in [5.41, 5.74) is 0.836. The van der Waals surface area contributed by atoms with Crippen LogP contribution in [0.5, 0.6) is 0 Å². The fourth-order valence-corrected chi connectivity index (χ4v) is 4.83. The van der Waals surface area contributed by atoms with Crippen molar-refractivity contribution in [3.05, 3.63) is 52.1 Å². The minimum Gasteiger partial charge on any atom is -0.299 e. The summed E-state index contributed by atoms with van der Waals surface area (Å²) in [6.45, 7) is 0. The number of benzene rings is 1. The first-order valence-corrected chi connectivity index (χ1v) is 7.64. The van der Waals surface area contributed by atoms with E-state index in [9.17, 15) is 14.9 Å². The van der Waals surface area contributed by atoms with Gasteiger partial charge in [0.1, 0.15) is 5.78 Å². The van der Waals surface area contributed by atoms with E-state index < -0.39 is 0 Å². The number of nitro groups is 1. The van der Waals surface area contributed by atoms with Crippen LogP contribution in [0, 0.1) is 33.8 Å². The third kappa shape index (κ3) is 1.71. The van der Waals surface area contributed by atoms with Crippen molar-refractivity contribution >= 4 is 11.5 Å². The van der Waals surface area contributed by atoms with Crippen LogP contribution in [0.4, 0.5) is 5.69 Å². The van der Waals surface area contributed by atoms with Gasteiger partial charge in [0.2, 0.25) is 0 Å². The number of ketones is 1. The Bertz CT molecular complexity index is 651. The normalized spacial score (nSPS) is 36.8. The van der Waals surface area contributed by atoms with E-state index in [0.717, 1.165) is 12.8 Å². The van der Waals surface area contributed by atoms with Crippen molar-refractivity contribution in [1.82, 2.24) is 0 Å². The molecule has 5 atom stereocenters. The van der Waals surface area contributed by atoms with Gasteiger partial charge in [-0.25, -0.2) is 0 Å². The molecule has 4 rings (SSSR count). The highest BCUT2D eigenvalue weighted by Crippen LogP contribution is 2.57. The second-order valence-corrected chi connectivity index (χ2v) is 6.44. The number of nitro benzene ring substituents is 1. The van der Waals surface area contributed by atoms with Gasteiger partial charge in [0.25, 0.3) is 5.69 Å². The van der Waals surface area contributed by atoms with Gasteiger partial charge in [0, 0.05) is 29.4 Å². The summed E-state index contributed by atoms with van der Waals surface area (Å²) in [5.74, 6) is 1.11. The van der Waals surface area contributed by atoms with Gasteiger partial charge in [-0.15, -0.1) is 0 Å². The lowest BCUT2D eigenvalue weighted by molar-refractivity contribution is -0.385. The maximum Gasteiger partial charge on any atom is 0.273 e. The SMILES string of the molecule is O=C1[C@@H]2[C@H]3CCC[C@H]3[C@H]1C=C[C@@H]2c1ccccc1[N+](=O)[O-]. The van der Waals surface area contributed by atoms with Gasteiger partial charge in [-0.2, -0.15) is 0 Å². The number of hydrogen-bond acceptors (Lipinski definition) is 3. The molecule has 2 saturated carbocycles. The van der Waals surface area contributed by atoms with Gasteiger partial charge in [-0.05, 0) is 24.7 Å². The number of Topliss-reactive ketones (excluding diaryl/α,β-unsaturated/α-hetero) is 1. The number of carbonyl (C=O) groups is 1. The van der Waals surface area contributed by atoms with Gasteiger partial charge in [0.05, 0.1) is 4.92 Å². The number of nitrogens with zero attached hydrogens (tertiary/aromatic N) is 1. The van der Waals surface area contributed by atoms with E-state index in [4.69, 9.17) is 0 Å². The van der Waals surface area contributed by atoms with Crippen molar-refractivity contribution < 1.29 is 9.72 Å². The van der Waals surface area contributed by atoms with Crippen molar-refractivity contribution in [3.63, 3.8) is 0 Å². The van der Waals surface area contributed by atoms with E-state index in [-0.39, 0.29) is 28.4 Å². The van der Waals surface area contributed by atoms with Gasteiger partial charge in [-0.3, -0.25) is 14.9 Å². The smallest absolute Gasteiger partial charge is 0.273 e. The molecular weight excluding hydrogens is 266 g/mol. The molecule has 1 aromatic carbocycles. The Morgan fingerprint density at radius 3 is 2.57 bits per heavy atom. The van der Waals surface area contributed by atoms with E-state index in [1.165, 1.54) is 6.42 Å². The molecule has 0 aliphatic heterocycles. The highest BCUT2D eigenvalue weighted by molar-refractivity contribution is 5.90. The van der Waals surface area contributed by atoms with Gasteiger partial charge in [-0.1, -0.05) is 36.8 Å². The third-order valence-corrected chi connectivity index (χ3v) is 5.61. The first kappa shape index (κ1) is 12.7. The van der Waals surface area contributed by atoms with Crippen molar-refractivity contribution in [2.75, 3.05) is 0 Å². The van der Waals surface area contributed by atoms with Crippen LogP contribution in [0.3, 0.4) is 0 Å². The van der Waals surface area contributed by atoms with Gasteiger partial charge < -0.3 is 0 Å². The minimum absolute atomic E-state index is 0.0476. The molecule has 0 amide bonds. The zero-order valence-corrected chi connectivity index (χ0v) is 11.6. The quantitative estimate of drug-likeness (QED) is 0.474. The number of carbonyl (C=O) groups excluding carboxylic acids is 1. The molecule has 0 aromatic heterocycles. The van der Waals surface area contributed by atoms with Gasteiger partial charge in [0.15, 0.2) is 0 Å². The second-order valence-electron chi connectivity index (χ2n) is 6.44. The van der Waals surface area contributed by atoms with Crippen LogP contribution in [0.25, 0.3) is 0 Å². The average Bonchev–Trinajstić information content (AvgIpc) is 3.00. The molecule has 108 valence electrons. The zero-order valence-electron chi connectivity index (χ0n) is 11.6. The standard InChI is InChI=1S/C17H17NO3/c19-17-14-9-8-13(16(17)12-6-3-5-10(12)14)11-4-1-2-7-15(11)18(20)21/h1-2,4,7-10,12-14,16H,3,5-6H2/t10-,12+,13-,14-,16-/m1/s1. The third-order valence-electron chi connectivity index (χ3n) is 5.61. The lowest BCUT2D eigenvalue weighted by Gasteiger charge is -2.26. The minimum atomic E-state index is -0.333. The highest BCUT2D eigenvalue weighted by Gasteiger charge is 2.55. The number of para-hydroxylation sites is 1. The van der Waals surface area contributed by atoms with Gasteiger partial charge >= 0.3 is 0 Å². The van der Waals surface area contributed by atoms with Crippen LogP contribution in [0.15, 0.2) is 36.4 Å². The molecule has 1 aromatic rings. The first-order valence-electron chi connectivity index (χ1n) is 7.64. The summed E-state index contributed by atoms with van der Waals surface area (Å²) in [6, 6.07) is 6.86. The maximum absolute atomic E-state index is 12.6. The maximum atomic E-state index is 12.6. The van der Waals surface area contributed by atoms with E-state index in [1.54, 1.807) is 12.1 Å². The number of fused-ring (bicyclic) bond motifs is 5.